The van der Waals surface area contributed by atoms with E-state index in [1.807, 2.05) is 52.0 Å². The van der Waals surface area contributed by atoms with Gasteiger partial charge >= 0.3 is 0 Å². The summed E-state index contributed by atoms with van der Waals surface area (Å²) in [5.41, 5.74) is 4.84. The number of aryl methyl sites for hydroxylation is 4. The average Bonchev–Trinajstić information content (AvgIpc) is 2.70. The molecule has 5 nitrogen and oxygen atoms in total. The summed E-state index contributed by atoms with van der Waals surface area (Å²) in [7, 11) is -3.99. The Bertz CT molecular complexity index is 1200. The molecule has 3 aromatic carbocycles. The summed E-state index contributed by atoms with van der Waals surface area (Å²) in [5, 5.41) is 3.33. The zero-order chi connectivity index (χ0) is 22.8. The number of rotatable bonds is 6. The van der Waals surface area contributed by atoms with Gasteiger partial charge in [0.1, 0.15) is 6.54 Å². The van der Waals surface area contributed by atoms with Crippen molar-refractivity contribution < 1.29 is 13.2 Å². The van der Waals surface area contributed by atoms with E-state index < -0.39 is 15.9 Å². The van der Waals surface area contributed by atoms with Crippen LogP contribution in [0.2, 0.25) is 5.02 Å². The highest BCUT2D eigenvalue weighted by atomic mass is 35.5. The molecule has 0 saturated carbocycles. The minimum Gasteiger partial charge on any atom is -0.324 e. The Morgan fingerprint density at radius 3 is 2.06 bits per heavy atom. The predicted molar refractivity (Wildman–Crippen MR) is 126 cm³/mol. The molecule has 3 aromatic rings. The van der Waals surface area contributed by atoms with Gasteiger partial charge in [-0.2, -0.15) is 0 Å². The summed E-state index contributed by atoms with van der Waals surface area (Å²) in [5.74, 6) is -0.421. The van der Waals surface area contributed by atoms with Crippen molar-refractivity contribution in [1.29, 1.82) is 0 Å². The van der Waals surface area contributed by atoms with Gasteiger partial charge in [-0.05, 0) is 74.7 Å². The lowest BCUT2D eigenvalue weighted by atomic mass is 10.1. The van der Waals surface area contributed by atoms with E-state index in [2.05, 4.69) is 5.32 Å². The number of amides is 1. The number of nitrogens with zero attached hydrogens (tertiary/aromatic N) is 1. The van der Waals surface area contributed by atoms with Gasteiger partial charge in [-0.3, -0.25) is 9.10 Å². The van der Waals surface area contributed by atoms with E-state index in [1.165, 1.54) is 24.3 Å². The Kier molecular flexibility index (Phi) is 6.72. The van der Waals surface area contributed by atoms with Crippen molar-refractivity contribution in [3.8, 4) is 0 Å². The number of hydrogen-bond acceptors (Lipinski definition) is 3. The van der Waals surface area contributed by atoms with E-state index >= 15 is 0 Å². The van der Waals surface area contributed by atoms with Gasteiger partial charge in [0.15, 0.2) is 0 Å². The SMILES string of the molecule is Cc1cc(C)c(NC(=O)CN(c2ccccc2C)S(=O)(=O)c2ccc(Cl)cc2)c(C)c1. The van der Waals surface area contributed by atoms with Crippen LogP contribution in [0.3, 0.4) is 0 Å². The highest BCUT2D eigenvalue weighted by Crippen LogP contribution is 2.28. The van der Waals surface area contributed by atoms with Crippen LogP contribution in [0.25, 0.3) is 0 Å². The molecule has 7 heteroatoms. The average molecular weight is 457 g/mol. The second kappa shape index (κ2) is 9.12. The number of benzene rings is 3. The molecule has 0 heterocycles. The van der Waals surface area contributed by atoms with Crippen molar-refractivity contribution in [2.24, 2.45) is 0 Å². The first-order chi connectivity index (χ1) is 14.6. The standard InChI is InChI=1S/C24H25ClN2O3S/c1-16-13-18(3)24(19(4)14-16)26-23(28)15-27(22-8-6-5-7-17(22)2)31(29,30)21-11-9-20(25)10-12-21/h5-14H,15H2,1-4H3,(H,26,28). The van der Waals surface area contributed by atoms with Crippen molar-refractivity contribution in [3.63, 3.8) is 0 Å². The highest BCUT2D eigenvalue weighted by Gasteiger charge is 2.28. The van der Waals surface area contributed by atoms with Gasteiger partial charge in [0.25, 0.3) is 10.0 Å². The van der Waals surface area contributed by atoms with Crippen molar-refractivity contribution in [1.82, 2.24) is 0 Å². The van der Waals surface area contributed by atoms with Gasteiger partial charge in [0.05, 0.1) is 10.6 Å². The minimum atomic E-state index is -3.99. The Morgan fingerprint density at radius 2 is 1.48 bits per heavy atom. The van der Waals surface area contributed by atoms with Gasteiger partial charge in [0.2, 0.25) is 5.91 Å². The van der Waals surface area contributed by atoms with Gasteiger partial charge in [-0.25, -0.2) is 8.42 Å². The molecule has 0 unspecified atom stereocenters. The summed E-state index contributed by atoms with van der Waals surface area (Å²) in [6.07, 6.45) is 0. The molecule has 0 bridgehead atoms. The molecule has 162 valence electrons. The number of anilines is 2. The smallest absolute Gasteiger partial charge is 0.264 e. The molecule has 1 N–H and O–H groups in total. The van der Waals surface area contributed by atoms with Crippen molar-refractivity contribution >= 4 is 38.9 Å². The molecule has 0 aliphatic carbocycles. The second-order valence-electron chi connectivity index (χ2n) is 7.57. The van der Waals surface area contributed by atoms with E-state index in [0.29, 0.717) is 16.4 Å². The summed E-state index contributed by atoms with van der Waals surface area (Å²) < 4.78 is 28.1. The lowest BCUT2D eigenvalue weighted by Gasteiger charge is -2.26. The van der Waals surface area contributed by atoms with Gasteiger partial charge in [-0.1, -0.05) is 47.5 Å². The van der Waals surface area contributed by atoms with Gasteiger partial charge in [0, 0.05) is 10.7 Å². The van der Waals surface area contributed by atoms with Crippen LogP contribution in [0.5, 0.6) is 0 Å². The number of nitrogens with one attached hydrogen (secondary N) is 1. The quantitative estimate of drug-likeness (QED) is 0.539. The Labute approximate surface area is 188 Å². The molecule has 0 aromatic heterocycles. The molecule has 0 aliphatic heterocycles. The molecule has 31 heavy (non-hydrogen) atoms. The summed E-state index contributed by atoms with van der Waals surface area (Å²) in [4.78, 5) is 13.1. The van der Waals surface area contributed by atoms with E-state index in [1.54, 1.807) is 12.1 Å². The van der Waals surface area contributed by atoms with Crippen LogP contribution in [-0.2, 0) is 14.8 Å². The molecule has 0 fully saturated rings. The number of carbonyl (C=O) groups is 1. The maximum Gasteiger partial charge on any atom is 0.264 e. The first-order valence-corrected chi connectivity index (χ1v) is 11.6. The van der Waals surface area contributed by atoms with Crippen molar-refractivity contribution in [2.45, 2.75) is 32.6 Å². The molecule has 3 rings (SSSR count). The van der Waals surface area contributed by atoms with Crippen LogP contribution in [0.1, 0.15) is 22.3 Å². The van der Waals surface area contributed by atoms with E-state index in [4.69, 9.17) is 11.6 Å². The number of halogens is 1. The zero-order valence-corrected chi connectivity index (χ0v) is 19.5. The number of carbonyl (C=O) groups excluding carboxylic acids is 1. The number of sulfonamides is 1. The highest BCUT2D eigenvalue weighted by molar-refractivity contribution is 7.92. The third-order valence-electron chi connectivity index (χ3n) is 5.01. The largest absolute Gasteiger partial charge is 0.324 e. The van der Waals surface area contributed by atoms with Gasteiger partial charge < -0.3 is 5.32 Å². The third-order valence-corrected chi connectivity index (χ3v) is 7.04. The maximum absolute atomic E-state index is 13.5. The molecule has 0 saturated heterocycles. The summed E-state index contributed by atoms with van der Waals surface area (Å²) in [6.45, 7) is 7.27. The zero-order valence-electron chi connectivity index (χ0n) is 17.9. The fourth-order valence-corrected chi connectivity index (χ4v) is 5.17. The first kappa shape index (κ1) is 22.8. The molecule has 1 amide bonds. The molecular weight excluding hydrogens is 432 g/mol. The topological polar surface area (TPSA) is 66.5 Å². The van der Waals surface area contributed by atoms with Gasteiger partial charge in [-0.15, -0.1) is 0 Å². The minimum absolute atomic E-state index is 0.0654. The maximum atomic E-state index is 13.5. The molecule has 0 radical (unpaired) electrons. The molecule has 0 spiro atoms. The normalized spacial score (nSPS) is 11.3. The van der Waals surface area contributed by atoms with Crippen LogP contribution >= 0.6 is 11.6 Å². The summed E-state index contributed by atoms with van der Waals surface area (Å²) >= 11 is 5.93. The third kappa shape index (κ3) is 5.09. The Balaban J connectivity index is 1.99. The monoisotopic (exact) mass is 456 g/mol. The second-order valence-corrected chi connectivity index (χ2v) is 9.87. The molecule has 0 aliphatic rings. The predicted octanol–water partition coefficient (Wildman–Crippen LogP) is 5.41. The first-order valence-electron chi connectivity index (χ1n) is 9.81. The summed E-state index contributed by atoms with van der Waals surface area (Å²) in [6, 6.07) is 16.9. The molecule has 0 atom stereocenters. The van der Waals surface area contributed by atoms with E-state index in [0.717, 1.165) is 26.6 Å². The fraction of sp³-hybridized carbons (Fsp3) is 0.208. The van der Waals surface area contributed by atoms with Crippen LogP contribution < -0.4 is 9.62 Å². The van der Waals surface area contributed by atoms with Crippen LogP contribution in [0.4, 0.5) is 11.4 Å². The lowest BCUT2D eigenvalue weighted by molar-refractivity contribution is -0.114. The van der Waals surface area contributed by atoms with Crippen molar-refractivity contribution in [2.75, 3.05) is 16.2 Å². The number of hydrogen-bond donors (Lipinski definition) is 1. The van der Waals surface area contributed by atoms with Crippen LogP contribution in [0.15, 0.2) is 65.6 Å². The van der Waals surface area contributed by atoms with Crippen molar-refractivity contribution in [3.05, 3.63) is 87.9 Å². The lowest BCUT2D eigenvalue weighted by Crippen LogP contribution is -2.38. The van der Waals surface area contributed by atoms with E-state index in [9.17, 15) is 13.2 Å². The van der Waals surface area contributed by atoms with Crippen LogP contribution in [-0.4, -0.2) is 20.9 Å². The van der Waals surface area contributed by atoms with Crippen LogP contribution in [0, 0.1) is 27.7 Å². The molecular formula is C24H25ClN2O3S. The number of para-hydroxylation sites is 1. The van der Waals surface area contributed by atoms with E-state index in [-0.39, 0.29) is 11.4 Å². The Morgan fingerprint density at radius 1 is 0.903 bits per heavy atom. The fourth-order valence-electron chi connectivity index (χ4n) is 3.56. The Hall–Kier alpha value is -2.83.